The molecule has 1 aliphatic carbocycles. The lowest BCUT2D eigenvalue weighted by Gasteiger charge is -2.37. The highest BCUT2D eigenvalue weighted by Gasteiger charge is 2.45. The number of nitrogens with one attached hydrogen (secondary N) is 1. The van der Waals surface area contributed by atoms with Crippen LogP contribution in [0.15, 0.2) is 22.7 Å². The Labute approximate surface area is 130 Å². The quantitative estimate of drug-likeness (QED) is 0.904. The second kappa shape index (κ2) is 5.40. The predicted molar refractivity (Wildman–Crippen MR) is 78.8 cm³/mol. The van der Waals surface area contributed by atoms with E-state index in [4.69, 9.17) is 0 Å². The van der Waals surface area contributed by atoms with Crippen LogP contribution < -0.4 is 5.32 Å². The van der Waals surface area contributed by atoms with E-state index in [1.54, 1.807) is 17.9 Å². The number of carbonyl (C=O) groups excluding carboxylic acids is 2. The van der Waals surface area contributed by atoms with Crippen molar-refractivity contribution in [3.05, 3.63) is 34.1 Å². The first kappa shape index (κ1) is 14.5. The third-order valence-electron chi connectivity index (χ3n) is 4.06. The Morgan fingerprint density at radius 3 is 2.67 bits per heavy atom. The number of halogens is 2. The van der Waals surface area contributed by atoms with Crippen LogP contribution in [0.3, 0.4) is 0 Å². The summed E-state index contributed by atoms with van der Waals surface area (Å²) in [5.74, 6) is -0.303. The maximum atomic E-state index is 13.5. The van der Waals surface area contributed by atoms with Crippen molar-refractivity contribution in [1.82, 2.24) is 10.2 Å². The van der Waals surface area contributed by atoms with Crippen molar-refractivity contribution in [3.63, 3.8) is 0 Å². The van der Waals surface area contributed by atoms with E-state index >= 15 is 0 Å². The van der Waals surface area contributed by atoms with E-state index in [1.807, 2.05) is 0 Å². The molecule has 1 aliphatic heterocycles. The minimum Gasteiger partial charge on any atom is -0.342 e. The molecule has 4 nitrogen and oxygen atoms in total. The Bertz CT molecular complexity index is 583. The van der Waals surface area contributed by atoms with Crippen LogP contribution in [-0.4, -0.2) is 28.8 Å². The molecule has 112 valence electrons. The van der Waals surface area contributed by atoms with Crippen LogP contribution in [0, 0.1) is 11.7 Å². The van der Waals surface area contributed by atoms with E-state index < -0.39 is 12.1 Å². The monoisotopic (exact) mass is 354 g/mol. The largest absolute Gasteiger partial charge is 0.342 e. The van der Waals surface area contributed by atoms with Gasteiger partial charge in [0.1, 0.15) is 17.9 Å². The maximum Gasteiger partial charge on any atom is 0.246 e. The van der Waals surface area contributed by atoms with Gasteiger partial charge in [-0.3, -0.25) is 9.59 Å². The summed E-state index contributed by atoms with van der Waals surface area (Å²) in [4.78, 5) is 26.1. The summed E-state index contributed by atoms with van der Waals surface area (Å²) in [5, 5.41) is 2.80. The Morgan fingerprint density at radius 2 is 2.05 bits per heavy atom. The van der Waals surface area contributed by atoms with Crippen LogP contribution in [0.1, 0.15) is 25.3 Å². The number of carbonyl (C=O) groups is 2. The van der Waals surface area contributed by atoms with E-state index in [1.165, 1.54) is 12.1 Å². The minimum atomic E-state index is -0.533. The number of hydrogen-bond acceptors (Lipinski definition) is 2. The normalized spacial score (nSPS) is 26.0. The molecule has 1 aromatic rings. The first-order valence-electron chi connectivity index (χ1n) is 7.01. The molecule has 1 saturated carbocycles. The molecular formula is C15H16BrFN2O2. The molecule has 6 heteroatoms. The lowest BCUT2D eigenvalue weighted by atomic mass is 10.0. The molecule has 2 aliphatic rings. The van der Waals surface area contributed by atoms with Crippen LogP contribution in [0.25, 0.3) is 0 Å². The van der Waals surface area contributed by atoms with Gasteiger partial charge in [-0.25, -0.2) is 4.39 Å². The average molecular weight is 355 g/mol. The van der Waals surface area contributed by atoms with E-state index in [0.717, 1.165) is 12.8 Å². The molecule has 0 radical (unpaired) electrons. The van der Waals surface area contributed by atoms with Gasteiger partial charge in [-0.05, 0) is 49.4 Å². The molecule has 2 atom stereocenters. The fraction of sp³-hybridized carbons (Fsp3) is 0.467. The van der Waals surface area contributed by atoms with Crippen molar-refractivity contribution in [2.24, 2.45) is 5.92 Å². The average Bonchev–Trinajstić information content (AvgIpc) is 3.22. The number of nitrogens with zero attached hydrogens (tertiary/aromatic N) is 1. The van der Waals surface area contributed by atoms with Gasteiger partial charge in [-0.15, -0.1) is 0 Å². The molecule has 1 heterocycles. The molecule has 0 aromatic heterocycles. The maximum absolute atomic E-state index is 13.5. The van der Waals surface area contributed by atoms with Gasteiger partial charge in [0, 0.05) is 11.0 Å². The number of rotatable bonds is 3. The summed E-state index contributed by atoms with van der Waals surface area (Å²) in [5.41, 5.74) is 0.673. The first-order chi connectivity index (χ1) is 9.95. The van der Waals surface area contributed by atoms with Crippen molar-refractivity contribution in [2.45, 2.75) is 38.4 Å². The smallest absolute Gasteiger partial charge is 0.246 e. The summed E-state index contributed by atoms with van der Waals surface area (Å²) >= 11 is 3.24. The molecule has 21 heavy (non-hydrogen) atoms. The highest BCUT2D eigenvalue weighted by Crippen LogP contribution is 2.35. The van der Waals surface area contributed by atoms with Crippen molar-refractivity contribution in [2.75, 3.05) is 0 Å². The number of amides is 2. The predicted octanol–water partition coefficient (Wildman–Crippen LogP) is 2.21. The van der Waals surface area contributed by atoms with Crippen LogP contribution in [0.5, 0.6) is 0 Å². The number of hydrogen-bond donors (Lipinski definition) is 1. The van der Waals surface area contributed by atoms with E-state index in [-0.39, 0.29) is 30.1 Å². The van der Waals surface area contributed by atoms with Crippen LogP contribution >= 0.6 is 15.9 Å². The third-order valence-corrected chi connectivity index (χ3v) is 4.52. The molecule has 1 N–H and O–H groups in total. The zero-order valence-corrected chi connectivity index (χ0v) is 13.2. The topological polar surface area (TPSA) is 49.4 Å². The lowest BCUT2D eigenvalue weighted by molar-refractivity contribution is -0.149. The zero-order chi connectivity index (χ0) is 15.1. The van der Waals surface area contributed by atoms with Gasteiger partial charge in [0.2, 0.25) is 11.8 Å². The van der Waals surface area contributed by atoms with Crippen molar-refractivity contribution in [1.29, 1.82) is 0 Å². The van der Waals surface area contributed by atoms with E-state index in [9.17, 15) is 14.0 Å². The van der Waals surface area contributed by atoms with Gasteiger partial charge >= 0.3 is 0 Å². The third kappa shape index (κ3) is 2.95. The Hall–Kier alpha value is -1.43. The van der Waals surface area contributed by atoms with Gasteiger partial charge < -0.3 is 10.2 Å². The van der Waals surface area contributed by atoms with Gasteiger partial charge in [0.05, 0.1) is 0 Å². The summed E-state index contributed by atoms with van der Waals surface area (Å²) < 4.78 is 14.1. The second-order valence-electron chi connectivity index (χ2n) is 5.74. The summed E-state index contributed by atoms with van der Waals surface area (Å²) in [7, 11) is 0. The van der Waals surface area contributed by atoms with E-state index in [0.29, 0.717) is 10.0 Å². The number of piperazine rings is 1. The van der Waals surface area contributed by atoms with Crippen molar-refractivity contribution in [3.8, 4) is 0 Å². The fourth-order valence-electron chi connectivity index (χ4n) is 2.71. The van der Waals surface area contributed by atoms with Crippen LogP contribution in [-0.2, 0) is 16.1 Å². The summed E-state index contributed by atoms with van der Waals surface area (Å²) in [6.07, 6.45) is 1.95. The van der Waals surface area contributed by atoms with Gasteiger partial charge in [0.25, 0.3) is 0 Å². The van der Waals surface area contributed by atoms with Gasteiger partial charge in [-0.2, -0.15) is 0 Å². The highest BCUT2D eigenvalue weighted by molar-refractivity contribution is 9.10. The molecule has 2 fully saturated rings. The van der Waals surface area contributed by atoms with Crippen molar-refractivity contribution < 1.29 is 14.0 Å². The molecule has 2 unspecified atom stereocenters. The second-order valence-corrected chi connectivity index (χ2v) is 6.66. The van der Waals surface area contributed by atoms with Crippen molar-refractivity contribution >= 4 is 27.7 Å². The molecule has 0 spiro atoms. The molecule has 2 amide bonds. The molecule has 1 saturated heterocycles. The zero-order valence-electron chi connectivity index (χ0n) is 11.6. The molecular weight excluding hydrogens is 339 g/mol. The number of benzene rings is 1. The fourth-order valence-corrected chi connectivity index (χ4v) is 3.22. The standard InChI is InChI=1S/C15H16BrFN2O2/c1-8-14(20)18-13(10-2-3-10)15(21)19(8)7-9-4-11(16)6-12(17)5-9/h4-6,8,10,13H,2-3,7H2,1H3,(H,18,20). The summed E-state index contributed by atoms with van der Waals surface area (Å²) in [6.45, 7) is 1.94. The van der Waals surface area contributed by atoms with E-state index in [2.05, 4.69) is 21.2 Å². The molecule has 0 bridgehead atoms. The summed E-state index contributed by atoms with van der Waals surface area (Å²) in [6, 6.07) is 3.58. The van der Waals surface area contributed by atoms with Crippen LogP contribution in [0.4, 0.5) is 4.39 Å². The Kier molecular flexibility index (Phi) is 3.73. The lowest BCUT2D eigenvalue weighted by Crippen LogP contribution is -2.62. The van der Waals surface area contributed by atoms with Gasteiger partial charge in [0.15, 0.2) is 0 Å². The highest BCUT2D eigenvalue weighted by atomic mass is 79.9. The van der Waals surface area contributed by atoms with Crippen LogP contribution in [0.2, 0.25) is 0 Å². The molecule has 3 rings (SSSR count). The minimum absolute atomic E-state index is 0.0648. The first-order valence-corrected chi connectivity index (χ1v) is 7.81. The van der Waals surface area contributed by atoms with Gasteiger partial charge in [-0.1, -0.05) is 15.9 Å². The molecule has 1 aromatic carbocycles. The SMILES string of the molecule is CC1C(=O)NC(C2CC2)C(=O)N1Cc1cc(F)cc(Br)c1. The Morgan fingerprint density at radius 1 is 1.33 bits per heavy atom. The Balaban J connectivity index is 1.83.